The second-order valence-corrected chi connectivity index (χ2v) is 5.92. The van der Waals surface area contributed by atoms with Gasteiger partial charge in [0.25, 0.3) is 0 Å². The summed E-state index contributed by atoms with van der Waals surface area (Å²) < 4.78 is 0. The fourth-order valence-corrected chi connectivity index (χ4v) is 2.90. The molecule has 4 heteroatoms. The molecule has 0 atom stereocenters. The first kappa shape index (κ1) is 15.0. The summed E-state index contributed by atoms with van der Waals surface area (Å²) >= 11 is 0. The van der Waals surface area contributed by atoms with Crippen molar-refractivity contribution in [3.63, 3.8) is 0 Å². The first-order valence-electron chi connectivity index (χ1n) is 7.99. The average Bonchev–Trinajstić information content (AvgIpc) is 3.05. The SMILES string of the molecule is N#Cc1cc(-c2ccc(Cc3nc4ccccc4[nH]3)cc2)ccc1O. The molecule has 3 aromatic carbocycles. The van der Waals surface area contributed by atoms with Gasteiger partial charge >= 0.3 is 0 Å². The third-order valence-corrected chi connectivity index (χ3v) is 4.21. The summed E-state index contributed by atoms with van der Waals surface area (Å²) in [6.45, 7) is 0. The predicted molar refractivity (Wildman–Crippen MR) is 97.2 cm³/mol. The Balaban J connectivity index is 1.58. The number of imidazole rings is 1. The van der Waals surface area contributed by atoms with Gasteiger partial charge in [-0.05, 0) is 41.0 Å². The highest BCUT2D eigenvalue weighted by atomic mass is 16.3. The number of hydrogen-bond donors (Lipinski definition) is 2. The Morgan fingerprint density at radius 2 is 1.72 bits per heavy atom. The molecule has 4 rings (SSSR count). The van der Waals surface area contributed by atoms with Crippen LogP contribution in [0.15, 0.2) is 66.7 Å². The normalized spacial score (nSPS) is 10.7. The summed E-state index contributed by atoms with van der Waals surface area (Å²) in [4.78, 5) is 7.94. The molecule has 0 amide bonds. The van der Waals surface area contributed by atoms with Crippen molar-refractivity contribution in [2.24, 2.45) is 0 Å². The quantitative estimate of drug-likeness (QED) is 0.586. The van der Waals surface area contributed by atoms with Crippen LogP contribution in [-0.4, -0.2) is 15.1 Å². The Kier molecular flexibility index (Phi) is 3.68. The van der Waals surface area contributed by atoms with E-state index in [-0.39, 0.29) is 11.3 Å². The van der Waals surface area contributed by atoms with Crippen LogP contribution in [0.3, 0.4) is 0 Å². The molecule has 25 heavy (non-hydrogen) atoms. The Morgan fingerprint density at radius 1 is 0.960 bits per heavy atom. The van der Waals surface area contributed by atoms with Crippen molar-refractivity contribution in [2.75, 3.05) is 0 Å². The second-order valence-electron chi connectivity index (χ2n) is 5.92. The molecule has 1 heterocycles. The number of phenols is 1. The maximum Gasteiger partial charge on any atom is 0.133 e. The summed E-state index contributed by atoms with van der Waals surface area (Å²) in [5.41, 5.74) is 5.37. The van der Waals surface area contributed by atoms with Gasteiger partial charge in [0.1, 0.15) is 17.6 Å². The van der Waals surface area contributed by atoms with Crippen LogP contribution in [-0.2, 0) is 6.42 Å². The minimum atomic E-state index is 0.00718. The molecule has 4 nitrogen and oxygen atoms in total. The third kappa shape index (κ3) is 2.96. The molecule has 2 N–H and O–H groups in total. The van der Waals surface area contributed by atoms with Gasteiger partial charge in [-0.15, -0.1) is 0 Å². The monoisotopic (exact) mass is 325 g/mol. The molecule has 0 radical (unpaired) electrons. The second kappa shape index (κ2) is 6.14. The molecule has 0 unspecified atom stereocenters. The Hall–Kier alpha value is -3.58. The highest BCUT2D eigenvalue weighted by Crippen LogP contribution is 2.26. The van der Waals surface area contributed by atoms with Gasteiger partial charge in [-0.2, -0.15) is 5.26 Å². The van der Waals surface area contributed by atoms with E-state index in [0.717, 1.165) is 40.0 Å². The summed E-state index contributed by atoms with van der Waals surface area (Å²) in [7, 11) is 0. The topological polar surface area (TPSA) is 72.7 Å². The Morgan fingerprint density at radius 3 is 2.48 bits per heavy atom. The average molecular weight is 325 g/mol. The van der Waals surface area contributed by atoms with E-state index in [1.165, 1.54) is 0 Å². The van der Waals surface area contributed by atoms with Gasteiger partial charge in [-0.3, -0.25) is 0 Å². The number of aromatic nitrogens is 2. The maximum absolute atomic E-state index is 9.62. The minimum absolute atomic E-state index is 0.00718. The Bertz CT molecular complexity index is 1060. The van der Waals surface area contributed by atoms with Crippen LogP contribution in [0.1, 0.15) is 17.0 Å². The number of aromatic amines is 1. The molecule has 0 spiro atoms. The smallest absolute Gasteiger partial charge is 0.133 e. The highest BCUT2D eigenvalue weighted by molar-refractivity contribution is 5.74. The van der Waals surface area contributed by atoms with Crippen LogP contribution < -0.4 is 0 Å². The first-order valence-corrected chi connectivity index (χ1v) is 7.99. The number of hydrogen-bond acceptors (Lipinski definition) is 3. The van der Waals surface area contributed by atoms with Crippen molar-refractivity contribution in [1.82, 2.24) is 9.97 Å². The lowest BCUT2D eigenvalue weighted by molar-refractivity contribution is 0.473. The fourth-order valence-electron chi connectivity index (χ4n) is 2.90. The van der Waals surface area contributed by atoms with Crippen LogP contribution in [0.25, 0.3) is 22.2 Å². The van der Waals surface area contributed by atoms with Gasteiger partial charge in [0.15, 0.2) is 0 Å². The van der Waals surface area contributed by atoms with Crippen molar-refractivity contribution in [1.29, 1.82) is 5.26 Å². The summed E-state index contributed by atoms with van der Waals surface area (Å²) in [6, 6.07) is 23.2. The van der Waals surface area contributed by atoms with Gasteiger partial charge in [0, 0.05) is 6.42 Å². The molecule has 0 aliphatic carbocycles. The van der Waals surface area contributed by atoms with Gasteiger partial charge in [-0.1, -0.05) is 42.5 Å². The number of H-pyrrole nitrogens is 1. The number of phenolic OH excluding ortho intramolecular Hbond substituents is 1. The molecule has 0 fully saturated rings. The summed E-state index contributed by atoms with van der Waals surface area (Å²) in [5, 5.41) is 18.7. The number of nitriles is 1. The van der Waals surface area contributed by atoms with E-state index in [9.17, 15) is 5.11 Å². The molecule has 4 aromatic rings. The van der Waals surface area contributed by atoms with E-state index < -0.39 is 0 Å². The number of fused-ring (bicyclic) bond motifs is 1. The van der Waals surface area contributed by atoms with Crippen LogP contribution in [0, 0.1) is 11.3 Å². The lowest BCUT2D eigenvalue weighted by atomic mass is 10.0. The molecule has 0 aliphatic heterocycles. The van der Waals surface area contributed by atoms with Gasteiger partial charge in [0.2, 0.25) is 0 Å². The number of aromatic hydroxyl groups is 1. The summed E-state index contributed by atoms with van der Waals surface area (Å²) in [6.07, 6.45) is 0.730. The van der Waals surface area contributed by atoms with E-state index in [2.05, 4.69) is 22.1 Å². The minimum Gasteiger partial charge on any atom is -0.507 e. The number of benzene rings is 3. The first-order chi connectivity index (χ1) is 12.2. The van der Waals surface area contributed by atoms with Crippen LogP contribution in [0.5, 0.6) is 5.75 Å². The lowest BCUT2D eigenvalue weighted by Crippen LogP contribution is -1.90. The number of rotatable bonds is 3. The molecule has 120 valence electrons. The van der Waals surface area contributed by atoms with E-state index in [0.29, 0.717) is 0 Å². The summed E-state index contributed by atoms with van der Waals surface area (Å²) in [5.74, 6) is 0.943. The van der Waals surface area contributed by atoms with Crippen molar-refractivity contribution >= 4 is 11.0 Å². The van der Waals surface area contributed by atoms with Crippen LogP contribution in [0.4, 0.5) is 0 Å². The zero-order valence-corrected chi connectivity index (χ0v) is 13.4. The number of para-hydroxylation sites is 2. The van der Waals surface area contributed by atoms with Crippen molar-refractivity contribution < 1.29 is 5.11 Å². The fraction of sp³-hybridized carbons (Fsp3) is 0.0476. The van der Waals surface area contributed by atoms with Gasteiger partial charge in [-0.25, -0.2) is 4.98 Å². The van der Waals surface area contributed by atoms with Crippen molar-refractivity contribution in [3.8, 4) is 22.9 Å². The van der Waals surface area contributed by atoms with E-state index in [1.807, 2.05) is 48.5 Å². The lowest BCUT2D eigenvalue weighted by Gasteiger charge is -2.05. The molecule has 1 aromatic heterocycles. The van der Waals surface area contributed by atoms with Crippen molar-refractivity contribution in [3.05, 3.63) is 83.7 Å². The van der Waals surface area contributed by atoms with Crippen molar-refractivity contribution in [2.45, 2.75) is 6.42 Å². The van der Waals surface area contributed by atoms with Gasteiger partial charge < -0.3 is 10.1 Å². The van der Waals surface area contributed by atoms with E-state index in [4.69, 9.17) is 5.26 Å². The maximum atomic E-state index is 9.62. The third-order valence-electron chi connectivity index (χ3n) is 4.21. The zero-order chi connectivity index (χ0) is 17.2. The highest BCUT2D eigenvalue weighted by Gasteiger charge is 2.06. The predicted octanol–water partition coefficient (Wildman–Crippen LogP) is 4.40. The largest absolute Gasteiger partial charge is 0.507 e. The Labute approximate surface area is 145 Å². The zero-order valence-electron chi connectivity index (χ0n) is 13.4. The van der Waals surface area contributed by atoms with Crippen LogP contribution in [0.2, 0.25) is 0 Å². The molecule has 0 bridgehead atoms. The molecule has 0 saturated heterocycles. The molecular formula is C21H15N3O. The standard InChI is InChI=1S/C21H15N3O/c22-13-17-12-16(9-10-20(17)25)15-7-5-14(6-8-15)11-21-23-18-3-1-2-4-19(18)24-21/h1-10,12,25H,11H2,(H,23,24). The number of nitrogens with one attached hydrogen (secondary N) is 1. The van der Waals surface area contributed by atoms with Crippen LogP contribution >= 0.6 is 0 Å². The van der Waals surface area contributed by atoms with E-state index in [1.54, 1.807) is 12.1 Å². The van der Waals surface area contributed by atoms with E-state index >= 15 is 0 Å². The molecular weight excluding hydrogens is 310 g/mol. The molecule has 0 saturated carbocycles. The molecule has 0 aliphatic rings. The van der Waals surface area contributed by atoms with Gasteiger partial charge in [0.05, 0.1) is 16.6 Å². The number of nitrogens with zero attached hydrogens (tertiary/aromatic N) is 2.